The molecule has 0 aliphatic rings. The highest BCUT2D eigenvalue weighted by molar-refractivity contribution is 5.95. The number of ether oxygens (including phenoxy) is 1. The molecular formula is C14H21N3O3. The first-order chi connectivity index (χ1) is 9.56. The summed E-state index contributed by atoms with van der Waals surface area (Å²) in [4.78, 5) is 23.0. The Morgan fingerprint density at radius 1 is 1.20 bits per heavy atom. The summed E-state index contributed by atoms with van der Waals surface area (Å²) in [5.41, 5.74) is 7.05. The smallest absolute Gasteiger partial charge is 0.241 e. The average Bonchev–Trinajstić information content (AvgIpc) is 2.46. The molecule has 2 amide bonds. The second-order valence-corrected chi connectivity index (χ2v) is 4.36. The Balaban J connectivity index is 2.52. The van der Waals surface area contributed by atoms with E-state index < -0.39 is 6.04 Å². The molecule has 0 heterocycles. The number of carbonyl (C=O) groups excluding carboxylic acids is 2. The minimum absolute atomic E-state index is 0.0524. The number of carbonyl (C=O) groups is 2. The highest BCUT2D eigenvalue weighted by atomic mass is 16.5. The second kappa shape index (κ2) is 8.29. The van der Waals surface area contributed by atoms with Crippen LogP contribution in [0, 0.1) is 0 Å². The number of rotatable bonds is 7. The molecule has 0 spiro atoms. The van der Waals surface area contributed by atoms with E-state index in [1.807, 2.05) is 0 Å². The molecule has 1 aromatic carbocycles. The van der Waals surface area contributed by atoms with Crippen LogP contribution in [0.25, 0.3) is 0 Å². The Hall–Kier alpha value is -1.92. The number of nitrogens with two attached hydrogens (primary N) is 1. The summed E-state index contributed by atoms with van der Waals surface area (Å²) in [6.45, 7) is 2.22. The summed E-state index contributed by atoms with van der Waals surface area (Å²) in [5, 5.41) is 5.44. The highest BCUT2D eigenvalue weighted by Gasteiger charge is 2.13. The van der Waals surface area contributed by atoms with Crippen LogP contribution in [0.2, 0.25) is 0 Å². The van der Waals surface area contributed by atoms with E-state index in [-0.39, 0.29) is 11.8 Å². The summed E-state index contributed by atoms with van der Waals surface area (Å²) in [5.74, 6) is -0.309. The highest BCUT2D eigenvalue weighted by Crippen LogP contribution is 2.14. The second-order valence-electron chi connectivity index (χ2n) is 4.36. The lowest BCUT2D eigenvalue weighted by Gasteiger charge is -2.12. The van der Waals surface area contributed by atoms with Crippen LogP contribution in [0.3, 0.4) is 0 Å². The molecule has 1 rings (SSSR count). The third kappa shape index (κ3) is 5.38. The number of hydrogen-bond acceptors (Lipinski definition) is 4. The fourth-order valence-electron chi connectivity index (χ4n) is 1.50. The molecule has 4 N–H and O–H groups in total. The van der Waals surface area contributed by atoms with E-state index in [2.05, 4.69) is 10.6 Å². The molecule has 0 aliphatic heterocycles. The molecule has 0 bridgehead atoms. The Labute approximate surface area is 118 Å². The SMILES string of the molecule is CCC(=O)Nc1ccc(NC(=O)C(N)CCOC)cc1. The average molecular weight is 279 g/mol. The topological polar surface area (TPSA) is 93.5 Å². The summed E-state index contributed by atoms with van der Waals surface area (Å²) in [6.07, 6.45) is 0.889. The fraction of sp³-hybridized carbons (Fsp3) is 0.429. The van der Waals surface area contributed by atoms with Crippen LogP contribution in [0.15, 0.2) is 24.3 Å². The van der Waals surface area contributed by atoms with Crippen LogP contribution >= 0.6 is 0 Å². The van der Waals surface area contributed by atoms with Crippen molar-refractivity contribution in [2.45, 2.75) is 25.8 Å². The summed E-state index contributed by atoms with van der Waals surface area (Å²) in [7, 11) is 1.56. The number of benzene rings is 1. The van der Waals surface area contributed by atoms with E-state index in [4.69, 9.17) is 10.5 Å². The Morgan fingerprint density at radius 2 is 1.75 bits per heavy atom. The molecule has 1 atom stereocenters. The molecule has 0 aliphatic carbocycles. The van der Waals surface area contributed by atoms with Crippen LogP contribution < -0.4 is 16.4 Å². The van der Waals surface area contributed by atoms with Gasteiger partial charge in [0.15, 0.2) is 0 Å². The summed E-state index contributed by atoms with van der Waals surface area (Å²) in [6, 6.07) is 6.28. The standard InChI is InChI=1S/C14H21N3O3/c1-3-13(18)16-10-4-6-11(7-5-10)17-14(19)12(15)8-9-20-2/h4-7,12H,3,8-9,15H2,1-2H3,(H,16,18)(H,17,19). The zero-order chi connectivity index (χ0) is 15.0. The number of hydrogen-bond donors (Lipinski definition) is 3. The van der Waals surface area contributed by atoms with Crippen molar-refractivity contribution in [3.05, 3.63) is 24.3 Å². The minimum Gasteiger partial charge on any atom is -0.385 e. The molecular weight excluding hydrogens is 258 g/mol. The molecule has 20 heavy (non-hydrogen) atoms. The maximum atomic E-state index is 11.8. The molecule has 0 saturated carbocycles. The predicted molar refractivity (Wildman–Crippen MR) is 78.5 cm³/mol. The van der Waals surface area contributed by atoms with Gasteiger partial charge in [-0.05, 0) is 30.7 Å². The van der Waals surface area contributed by atoms with Gasteiger partial charge < -0.3 is 21.1 Å². The zero-order valence-corrected chi connectivity index (χ0v) is 11.8. The van der Waals surface area contributed by atoms with Crippen molar-refractivity contribution < 1.29 is 14.3 Å². The zero-order valence-electron chi connectivity index (χ0n) is 11.8. The number of nitrogens with one attached hydrogen (secondary N) is 2. The van der Waals surface area contributed by atoms with E-state index >= 15 is 0 Å². The van der Waals surface area contributed by atoms with Crippen molar-refractivity contribution in [1.29, 1.82) is 0 Å². The third-order valence-electron chi connectivity index (χ3n) is 2.73. The van der Waals surface area contributed by atoms with Gasteiger partial charge in [0.1, 0.15) is 0 Å². The van der Waals surface area contributed by atoms with Crippen molar-refractivity contribution in [3.63, 3.8) is 0 Å². The maximum Gasteiger partial charge on any atom is 0.241 e. The van der Waals surface area contributed by atoms with Crippen molar-refractivity contribution in [1.82, 2.24) is 0 Å². The largest absolute Gasteiger partial charge is 0.385 e. The summed E-state index contributed by atoms with van der Waals surface area (Å²) < 4.78 is 4.88. The lowest BCUT2D eigenvalue weighted by atomic mass is 10.2. The van der Waals surface area contributed by atoms with Crippen molar-refractivity contribution >= 4 is 23.2 Å². The van der Waals surface area contributed by atoms with Gasteiger partial charge in [-0.1, -0.05) is 6.92 Å². The van der Waals surface area contributed by atoms with Gasteiger partial charge >= 0.3 is 0 Å². The molecule has 0 aromatic heterocycles. The first kappa shape index (κ1) is 16.1. The van der Waals surface area contributed by atoms with E-state index in [0.29, 0.717) is 30.8 Å². The molecule has 1 unspecified atom stereocenters. The lowest BCUT2D eigenvalue weighted by Crippen LogP contribution is -2.36. The van der Waals surface area contributed by atoms with Crippen molar-refractivity contribution in [2.24, 2.45) is 5.73 Å². The molecule has 6 heteroatoms. The van der Waals surface area contributed by atoms with E-state index in [1.54, 1.807) is 38.3 Å². The van der Waals surface area contributed by atoms with Gasteiger partial charge in [0.2, 0.25) is 11.8 Å². The van der Waals surface area contributed by atoms with Crippen LogP contribution in [-0.2, 0) is 14.3 Å². The molecule has 0 radical (unpaired) electrons. The maximum absolute atomic E-state index is 11.8. The van der Waals surface area contributed by atoms with Gasteiger partial charge in [0, 0.05) is 31.5 Å². The van der Waals surface area contributed by atoms with Gasteiger partial charge in [-0.3, -0.25) is 9.59 Å². The Morgan fingerprint density at radius 3 is 2.25 bits per heavy atom. The molecule has 0 saturated heterocycles. The van der Waals surface area contributed by atoms with Gasteiger partial charge in [-0.2, -0.15) is 0 Å². The number of methoxy groups -OCH3 is 1. The fourth-order valence-corrected chi connectivity index (χ4v) is 1.50. The van der Waals surface area contributed by atoms with Crippen molar-refractivity contribution in [3.8, 4) is 0 Å². The minimum atomic E-state index is -0.602. The van der Waals surface area contributed by atoms with E-state index in [1.165, 1.54) is 0 Å². The van der Waals surface area contributed by atoms with Crippen LogP contribution in [-0.4, -0.2) is 31.6 Å². The first-order valence-corrected chi connectivity index (χ1v) is 6.52. The van der Waals surface area contributed by atoms with Gasteiger partial charge in [-0.15, -0.1) is 0 Å². The normalized spacial score (nSPS) is 11.8. The molecule has 0 fully saturated rings. The lowest BCUT2D eigenvalue weighted by molar-refractivity contribution is -0.118. The number of amides is 2. The quantitative estimate of drug-likeness (QED) is 0.702. The van der Waals surface area contributed by atoms with E-state index in [9.17, 15) is 9.59 Å². The first-order valence-electron chi connectivity index (χ1n) is 6.52. The Kier molecular flexibility index (Phi) is 6.69. The van der Waals surface area contributed by atoms with Gasteiger partial charge in [-0.25, -0.2) is 0 Å². The van der Waals surface area contributed by atoms with Gasteiger partial charge in [0.25, 0.3) is 0 Å². The van der Waals surface area contributed by atoms with Gasteiger partial charge in [0.05, 0.1) is 6.04 Å². The van der Waals surface area contributed by atoms with Crippen molar-refractivity contribution in [2.75, 3.05) is 24.4 Å². The Bertz CT molecular complexity index is 445. The van der Waals surface area contributed by atoms with Crippen LogP contribution in [0.5, 0.6) is 0 Å². The predicted octanol–water partition coefficient (Wildman–Crippen LogP) is 1.34. The molecule has 1 aromatic rings. The summed E-state index contributed by atoms with van der Waals surface area (Å²) >= 11 is 0. The van der Waals surface area contributed by atoms with Crippen LogP contribution in [0.1, 0.15) is 19.8 Å². The number of anilines is 2. The van der Waals surface area contributed by atoms with E-state index in [0.717, 1.165) is 0 Å². The third-order valence-corrected chi connectivity index (χ3v) is 2.73. The molecule has 110 valence electrons. The molecule has 6 nitrogen and oxygen atoms in total. The monoisotopic (exact) mass is 279 g/mol. The van der Waals surface area contributed by atoms with Crippen LogP contribution in [0.4, 0.5) is 11.4 Å².